The lowest BCUT2D eigenvalue weighted by atomic mass is 9.74. The summed E-state index contributed by atoms with van der Waals surface area (Å²) in [6.45, 7) is -1.42. The minimum Gasteiger partial charge on any atom is -0.479 e. The SMILES string of the molecule is CS(=O)(=O)c1ccc(-c2cn(CC(F)(F)F)nc2C2CCCCC2(F)C(=O)O)cc1. The van der Waals surface area contributed by atoms with Crippen molar-refractivity contribution < 1.29 is 35.9 Å². The van der Waals surface area contributed by atoms with Gasteiger partial charge in [-0.15, -0.1) is 0 Å². The highest BCUT2D eigenvalue weighted by atomic mass is 32.2. The lowest BCUT2D eigenvalue weighted by Crippen LogP contribution is -2.42. The zero-order chi connectivity index (χ0) is 22.3. The molecule has 11 heteroatoms. The van der Waals surface area contributed by atoms with Gasteiger partial charge < -0.3 is 5.11 Å². The fourth-order valence-corrected chi connectivity index (χ4v) is 4.44. The third-order valence-electron chi connectivity index (χ3n) is 5.25. The van der Waals surface area contributed by atoms with Gasteiger partial charge in [-0.1, -0.05) is 18.6 Å². The van der Waals surface area contributed by atoms with Gasteiger partial charge >= 0.3 is 12.1 Å². The van der Waals surface area contributed by atoms with E-state index in [0.717, 1.165) is 12.5 Å². The Morgan fingerprint density at radius 1 is 1.27 bits per heavy atom. The predicted molar refractivity (Wildman–Crippen MR) is 99.5 cm³/mol. The summed E-state index contributed by atoms with van der Waals surface area (Å²) >= 11 is 0. The Morgan fingerprint density at radius 3 is 2.43 bits per heavy atom. The van der Waals surface area contributed by atoms with Crippen molar-refractivity contribution in [2.75, 3.05) is 6.26 Å². The summed E-state index contributed by atoms with van der Waals surface area (Å²) in [5, 5.41) is 13.4. The quantitative estimate of drug-likeness (QED) is 0.700. The number of nitrogens with zero attached hydrogens (tertiary/aromatic N) is 2. The molecule has 0 spiro atoms. The van der Waals surface area contributed by atoms with Gasteiger partial charge in [0.1, 0.15) is 6.54 Å². The molecule has 6 nitrogen and oxygen atoms in total. The monoisotopic (exact) mass is 448 g/mol. The van der Waals surface area contributed by atoms with Crippen LogP contribution in [0.25, 0.3) is 11.1 Å². The summed E-state index contributed by atoms with van der Waals surface area (Å²) < 4.78 is 78.0. The molecular weight excluding hydrogens is 428 g/mol. The number of carbonyl (C=O) groups is 1. The highest BCUT2D eigenvalue weighted by Crippen LogP contribution is 2.46. The molecule has 2 aromatic rings. The van der Waals surface area contributed by atoms with Crippen LogP contribution in [-0.2, 0) is 21.2 Å². The first kappa shape index (κ1) is 22.3. The zero-order valence-corrected chi connectivity index (χ0v) is 16.8. The van der Waals surface area contributed by atoms with Crippen molar-refractivity contribution in [1.29, 1.82) is 0 Å². The van der Waals surface area contributed by atoms with Gasteiger partial charge in [0.15, 0.2) is 9.84 Å². The molecule has 1 aliphatic carbocycles. The Bertz CT molecular complexity index is 1050. The summed E-state index contributed by atoms with van der Waals surface area (Å²) in [5.41, 5.74) is -2.24. The van der Waals surface area contributed by atoms with Gasteiger partial charge in [0, 0.05) is 23.9 Å². The van der Waals surface area contributed by atoms with Crippen molar-refractivity contribution in [3.05, 3.63) is 36.2 Å². The maximum Gasteiger partial charge on any atom is 0.408 e. The molecule has 30 heavy (non-hydrogen) atoms. The first-order valence-electron chi connectivity index (χ1n) is 9.18. The van der Waals surface area contributed by atoms with Crippen LogP contribution in [0, 0.1) is 0 Å². The van der Waals surface area contributed by atoms with E-state index in [4.69, 9.17) is 0 Å². The Balaban J connectivity index is 2.13. The van der Waals surface area contributed by atoms with Crippen LogP contribution in [0.1, 0.15) is 37.3 Å². The molecule has 164 valence electrons. The van der Waals surface area contributed by atoms with Crippen LogP contribution in [0.4, 0.5) is 17.6 Å². The Hall–Kier alpha value is -2.43. The van der Waals surface area contributed by atoms with Crippen LogP contribution in [-0.4, -0.2) is 47.4 Å². The number of carboxylic acid groups (broad SMARTS) is 1. The number of sulfone groups is 1. The molecule has 0 bridgehead atoms. The second-order valence-corrected chi connectivity index (χ2v) is 9.52. The van der Waals surface area contributed by atoms with Gasteiger partial charge in [-0.3, -0.25) is 4.68 Å². The lowest BCUT2D eigenvalue weighted by molar-refractivity contribution is -0.155. The van der Waals surface area contributed by atoms with Crippen molar-refractivity contribution in [2.24, 2.45) is 0 Å². The molecule has 0 aliphatic heterocycles. The first-order chi connectivity index (χ1) is 13.8. The van der Waals surface area contributed by atoms with Crippen molar-refractivity contribution in [3.63, 3.8) is 0 Å². The third kappa shape index (κ3) is 4.50. The number of aliphatic carboxylic acids is 1. The third-order valence-corrected chi connectivity index (χ3v) is 6.37. The standard InChI is InChI=1S/C19H20F4N2O4S/c1-30(28,29)13-7-5-12(6-8-13)14-10-25(11-19(21,22)23)24-16(14)15-4-2-3-9-18(15,20)17(26)27/h5-8,10,15H,2-4,9,11H2,1H3,(H,26,27). The van der Waals surface area contributed by atoms with Crippen molar-refractivity contribution in [3.8, 4) is 11.1 Å². The number of hydrogen-bond acceptors (Lipinski definition) is 4. The molecule has 0 saturated heterocycles. The second-order valence-electron chi connectivity index (χ2n) is 7.50. The van der Waals surface area contributed by atoms with E-state index < -0.39 is 40.1 Å². The Morgan fingerprint density at radius 2 is 1.90 bits per heavy atom. The first-order valence-corrected chi connectivity index (χ1v) is 11.1. The molecule has 0 radical (unpaired) electrons. The number of halogens is 4. The van der Waals surface area contributed by atoms with E-state index in [1.807, 2.05) is 0 Å². The van der Waals surface area contributed by atoms with E-state index >= 15 is 4.39 Å². The topological polar surface area (TPSA) is 89.3 Å². The molecule has 1 aromatic carbocycles. The van der Waals surface area contributed by atoms with Gasteiger partial charge in [-0.05, 0) is 37.0 Å². The maximum atomic E-state index is 15.4. The van der Waals surface area contributed by atoms with Crippen LogP contribution in [0.2, 0.25) is 0 Å². The Kier molecular flexibility index (Phi) is 5.70. The summed E-state index contributed by atoms with van der Waals surface area (Å²) in [6.07, 6.45) is -1.74. The van der Waals surface area contributed by atoms with Crippen LogP contribution in [0.5, 0.6) is 0 Å². The van der Waals surface area contributed by atoms with Crippen LogP contribution in [0.15, 0.2) is 35.4 Å². The van der Waals surface area contributed by atoms with Crippen LogP contribution >= 0.6 is 0 Å². The Labute approximate surface area is 170 Å². The summed E-state index contributed by atoms with van der Waals surface area (Å²) in [6, 6.07) is 5.35. The molecule has 1 aliphatic rings. The van der Waals surface area contributed by atoms with E-state index in [0.29, 0.717) is 23.1 Å². The van der Waals surface area contributed by atoms with Crippen molar-refractivity contribution >= 4 is 15.8 Å². The average Bonchev–Trinajstić information content (AvgIpc) is 3.03. The summed E-state index contributed by atoms with van der Waals surface area (Å²) in [7, 11) is -3.49. The normalized spacial score (nSPS) is 22.8. The summed E-state index contributed by atoms with van der Waals surface area (Å²) in [4.78, 5) is 11.7. The molecule has 2 atom stereocenters. The molecule has 1 N–H and O–H groups in total. The van der Waals surface area contributed by atoms with Crippen molar-refractivity contribution in [2.45, 2.75) is 54.9 Å². The number of rotatable bonds is 5. The molecule has 2 unspecified atom stereocenters. The largest absolute Gasteiger partial charge is 0.479 e. The molecular formula is C19H20F4N2O4S. The number of benzene rings is 1. The molecule has 3 rings (SSSR count). The number of hydrogen-bond donors (Lipinski definition) is 1. The van der Waals surface area contributed by atoms with Gasteiger partial charge in [-0.2, -0.15) is 18.3 Å². The minimum absolute atomic E-state index is 0.0125. The highest BCUT2D eigenvalue weighted by molar-refractivity contribution is 7.90. The maximum absolute atomic E-state index is 15.4. The van der Waals surface area contributed by atoms with E-state index in [2.05, 4.69) is 5.10 Å². The highest BCUT2D eigenvalue weighted by Gasteiger charge is 2.50. The molecule has 1 heterocycles. The molecule has 1 aromatic heterocycles. The van der Waals surface area contributed by atoms with Crippen molar-refractivity contribution in [1.82, 2.24) is 9.78 Å². The van der Waals surface area contributed by atoms with Crippen LogP contribution in [0.3, 0.4) is 0 Å². The number of aromatic nitrogens is 2. The second kappa shape index (κ2) is 7.68. The molecule has 1 saturated carbocycles. The fraction of sp³-hybridized carbons (Fsp3) is 0.474. The fourth-order valence-electron chi connectivity index (χ4n) is 3.81. The summed E-state index contributed by atoms with van der Waals surface area (Å²) in [5.74, 6) is -2.89. The van der Waals surface area contributed by atoms with Gasteiger partial charge in [0.25, 0.3) is 0 Å². The lowest BCUT2D eigenvalue weighted by Gasteiger charge is -2.33. The minimum atomic E-state index is -4.58. The zero-order valence-electron chi connectivity index (χ0n) is 16.0. The number of alkyl halides is 4. The van der Waals surface area contributed by atoms with Gasteiger partial charge in [0.05, 0.1) is 10.6 Å². The number of carboxylic acids is 1. The smallest absolute Gasteiger partial charge is 0.408 e. The predicted octanol–water partition coefficient (Wildman–Crippen LogP) is 3.97. The van der Waals surface area contributed by atoms with Gasteiger partial charge in [0.2, 0.25) is 5.67 Å². The average molecular weight is 448 g/mol. The van der Waals surface area contributed by atoms with E-state index in [9.17, 15) is 31.5 Å². The molecule has 0 amide bonds. The van der Waals surface area contributed by atoms with Crippen LogP contribution < -0.4 is 0 Å². The van der Waals surface area contributed by atoms with E-state index in [1.165, 1.54) is 24.3 Å². The molecule has 1 fully saturated rings. The van der Waals surface area contributed by atoms with E-state index in [1.54, 1.807) is 0 Å². The van der Waals surface area contributed by atoms with E-state index in [-0.39, 0.29) is 29.0 Å². The van der Waals surface area contributed by atoms with Gasteiger partial charge in [-0.25, -0.2) is 17.6 Å².